The lowest BCUT2D eigenvalue weighted by Gasteiger charge is -2.28. The number of hydrogen-bond donors (Lipinski definition) is 2. The van der Waals surface area contributed by atoms with Gasteiger partial charge in [0.25, 0.3) is 5.91 Å². The highest BCUT2D eigenvalue weighted by Crippen LogP contribution is 2.29. The normalized spacial score (nSPS) is 12.9. The molecule has 0 spiro atoms. The number of carbonyl (C=O) groups excluding carboxylic acids is 4. The summed E-state index contributed by atoms with van der Waals surface area (Å²) >= 11 is 12.2. The monoisotopic (exact) mass is 520 g/mol. The number of carbonyl (C=O) groups is 4. The molecule has 0 saturated carbocycles. The molecule has 0 aliphatic rings. The first-order valence-corrected chi connectivity index (χ1v) is 11.8. The minimum atomic E-state index is -0.928. The van der Waals surface area contributed by atoms with Crippen molar-refractivity contribution >= 4 is 52.5 Å². The average molecular weight is 521 g/mol. The van der Waals surface area contributed by atoms with Gasteiger partial charge in [0.05, 0.1) is 22.7 Å². The van der Waals surface area contributed by atoms with Crippen LogP contribution in [0.4, 0.5) is 5.69 Å². The van der Waals surface area contributed by atoms with Crippen molar-refractivity contribution in [2.24, 2.45) is 11.3 Å². The zero-order chi connectivity index (χ0) is 26.3. The molecule has 0 aromatic heterocycles. The smallest absolute Gasteiger partial charge is 0.328 e. The average Bonchev–Trinajstić information content (AvgIpc) is 2.76. The van der Waals surface area contributed by atoms with E-state index in [2.05, 4.69) is 10.6 Å². The Hall–Kier alpha value is -2.90. The fourth-order valence-electron chi connectivity index (χ4n) is 3.70. The standard InChI is InChI=1S/C26H30Cl2N2O5/c1-15(31)18(26(2,3)4)14-22(32)30-21(25(34)35-5)13-16-9-11-17(12-10-16)29-24(33)23-19(27)7-6-8-20(23)28/h6-12,18,21H,13-14H2,1-5H3,(H,29,33)(H,30,32). The highest BCUT2D eigenvalue weighted by atomic mass is 35.5. The van der Waals surface area contributed by atoms with E-state index in [1.807, 2.05) is 20.8 Å². The van der Waals surface area contributed by atoms with Crippen LogP contribution in [0.1, 0.15) is 50.0 Å². The number of hydrogen-bond acceptors (Lipinski definition) is 5. The van der Waals surface area contributed by atoms with Gasteiger partial charge >= 0.3 is 5.97 Å². The van der Waals surface area contributed by atoms with Crippen molar-refractivity contribution in [2.75, 3.05) is 12.4 Å². The summed E-state index contributed by atoms with van der Waals surface area (Å²) in [6, 6.07) is 10.6. The molecule has 2 N–H and O–H groups in total. The van der Waals surface area contributed by atoms with Gasteiger partial charge in [-0.1, -0.05) is 62.2 Å². The van der Waals surface area contributed by atoms with Crippen LogP contribution >= 0.6 is 23.2 Å². The number of Topliss-reactive ketones (excluding diaryl/α,β-unsaturated/α-hetero) is 1. The van der Waals surface area contributed by atoms with Gasteiger partial charge < -0.3 is 15.4 Å². The summed E-state index contributed by atoms with van der Waals surface area (Å²) < 4.78 is 4.85. The first kappa shape index (κ1) is 28.3. The molecule has 2 unspecified atom stereocenters. The Morgan fingerprint density at radius 2 is 1.54 bits per heavy atom. The summed E-state index contributed by atoms with van der Waals surface area (Å²) in [5.74, 6) is -2.02. The van der Waals surface area contributed by atoms with Gasteiger partial charge in [0.1, 0.15) is 11.8 Å². The number of anilines is 1. The number of rotatable bonds is 9. The summed E-state index contributed by atoms with van der Waals surface area (Å²) in [6.45, 7) is 7.14. The van der Waals surface area contributed by atoms with Crippen LogP contribution in [0.3, 0.4) is 0 Å². The molecule has 9 heteroatoms. The Morgan fingerprint density at radius 1 is 0.971 bits per heavy atom. The Morgan fingerprint density at radius 3 is 2.03 bits per heavy atom. The van der Waals surface area contributed by atoms with E-state index in [4.69, 9.17) is 27.9 Å². The van der Waals surface area contributed by atoms with Gasteiger partial charge in [0, 0.05) is 24.4 Å². The molecular weight excluding hydrogens is 491 g/mol. The lowest BCUT2D eigenvalue weighted by atomic mass is 9.76. The first-order chi connectivity index (χ1) is 16.3. The molecule has 0 aliphatic carbocycles. The van der Waals surface area contributed by atoms with E-state index in [9.17, 15) is 19.2 Å². The number of esters is 1. The van der Waals surface area contributed by atoms with E-state index < -0.39 is 35.2 Å². The number of ether oxygens (including phenoxy) is 1. The maximum Gasteiger partial charge on any atom is 0.328 e. The minimum absolute atomic E-state index is 0.0259. The first-order valence-electron chi connectivity index (χ1n) is 11.1. The quantitative estimate of drug-likeness (QED) is 0.448. The molecule has 0 bridgehead atoms. The molecular formula is C26H30Cl2N2O5. The highest BCUT2D eigenvalue weighted by molar-refractivity contribution is 6.40. The molecule has 35 heavy (non-hydrogen) atoms. The Kier molecular flexibility index (Phi) is 9.86. The molecule has 2 aromatic rings. The second-order valence-corrected chi connectivity index (χ2v) is 10.1. The van der Waals surface area contributed by atoms with E-state index in [0.29, 0.717) is 5.69 Å². The summed E-state index contributed by atoms with van der Waals surface area (Å²) in [5, 5.41) is 5.90. The van der Waals surface area contributed by atoms with E-state index in [1.54, 1.807) is 42.5 Å². The SMILES string of the molecule is COC(=O)C(Cc1ccc(NC(=O)c2c(Cl)cccc2Cl)cc1)NC(=O)CC(C(C)=O)C(C)(C)C. The molecule has 0 heterocycles. The molecule has 188 valence electrons. The molecule has 2 amide bonds. The number of methoxy groups -OCH3 is 1. The van der Waals surface area contributed by atoms with Gasteiger partial charge in [-0.15, -0.1) is 0 Å². The highest BCUT2D eigenvalue weighted by Gasteiger charge is 2.32. The third-order valence-corrected chi connectivity index (χ3v) is 6.22. The summed E-state index contributed by atoms with van der Waals surface area (Å²) in [5.41, 5.74) is 1.02. The summed E-state index contributed by atoms with van der Waals surface area (Å²) in [7, 11) is 1.24. The Bertz CT molecular complexity index is 1070. The van der Waals surface area contributed by atoms with Crippen LogP contribution in [-0.4, -0.2) is 36.7 Å². The molecule has 7 nitrogen and oxygen atoms in total. The molecule has 0 saturated heterocycles. The third-order valence-electron chi connectivity index (χ3n) is 5.59. The van der Waals surface area contributed by atoms with Gasteiger partial charge in [-0.2, -0.15) is 0 Å². The molecule has 2 rings (SSSR count). The van der Waals surface area contributed by atoms with E-state index in [0.717, 1.165) is 5.56 Å². The fraction of sp³-hybridized carbons (Fsp3) is 0.385. The van der Waals surface area contributed by atoms with Crippen molar-refractivity contribution in [3.8, 4) is 0 Å². The molecule has 0 radical (unpaired) electrons. The second-order valence-electron chi connectivity index (χ2n) is 9.33. The van der Waals surface area contributed by atoms with Crippen LogP contribution in [0, 0.1) is 11.3 Å². The molecule has 2 aromatic carbocycles. The second kappa shape index (κ2) is 12.2. The fourth-order valence-corrected chi connectivity index (χ4v) is 4.27. The summed E-state index contributed by atoms with van der Waals surface area (Å²) in [4.78, 5) is 49.5. The topological polar surface area (TPSA) is 102 Å². The van der Waals surface area contributed by atoms with Crippen molar-refractivity contribution in [1.29, 1.82) is 0 Å². The van der Waals surface area contributed by atoms with Crippen molar-refractivity contribution < 1.29 is 23.9 Å². The van der Waals surface area contributed by atoms with E-state index in [-0.39, 0.29) is 34.2 Å². The lowest BCUT2D eigenvalue weighted by molar-refractivity contribution is -0.145. The minimum Gasteiger partial charge on any atom is -0.467 e. The van der Waals surface area contributed by atoms with E-state index >= 15 is 0 Å². The maximum absolute atomic E-state index is 12.7. The van der Waals surface area contributed by atoms with E-state index in [1.165, 1.54) is 14.0 Å². The van der Waals surface area contributed by atoms with Crippen molar-refractivity contribution in [1.82, 2.24) is 5.32 Å². The Balaban J connectivity index is 2.09. The van der Waals surface area contributed by atoms with Crippen molar-refractivity contribution in [2.45, 2.75) is 46.6 Å². The molecule has 0 aliphatic heterocycles. The lowest BCUT2D eigenvalue weighted by Crippen LogP contribution is -2.44. The van der Waals surface area contributed by atoms with Gasteiger partial charge in [0.2, 0.25) is 5.91 Å². The summed E-state index contributed by atoms with van der Waals surface area (Å²) in [6.07, 6.45) is 0.144. The number of nitrogens with one attached hydrogen (secondary N) is 2. The number of benzene rings is 2. The van der Waals surface area contributed by atoms with Crippen LogP contribution in [0.25, 0.3) is 0 Å². The number of amides is 2. The third kappa shape index (κ3) is 8.08. The van der Waals surface area contributed by atoms with Crippen molar-refractivity contribution in [3.63, 3.8) is 0 Å². The zero-order valence-electron chi connectivity index (χ0n) is 20.4. The van der Waals surface area contributed by atoms with Gasteiger partial charge in [-0.05, 0) is 42.2 Å². The zero-order valence-corrected chi connectivity index (χ0v) is 21.9. The molecule has 0 fully saturated rings. The predicted molar refractivity (Wildman–Crippen MR) is 137 cm³/mol. The van der Waals surface area contributed by atoms with Crippen LogP contribution < -0.4 is 10.6 Å². The van der Waals surface area contributed by atoms with Crippen LogP contribution in [0.15, 0.2) is 42.5 Å². The maximum atomic E-state index is 12.7. The van der Waals surface area contributed by atoms with Crippen LogP contribution in [0.5, 0.6) is 0 Å². The largest absolute Gasteiger partial charge is 0.467 e. The Labute approximate surface area is 215 Å². The van der Waals surface area contributed by atoms with Crippen LogP contribution in [0.2, 0.25) is 10.0 Å². The number of halogens is 2. The predicted octanol–water partition coefficient (Wildman–Crippen LogP) is 5.09. The molecule has 2 atom stereocenters. The number of ketones is 1. The van der Waals surface area contributed by atoms with Gasteiger partial charge in [-0.25, -0.2) is 4.79 Å². The van der Waals surface area contributed by atoms with Crippen molar-refractivity contribution in [3.05, 3.63) is 63.6 Å². The van der Waals surface area contributed by atoms with Gasteiger partial charge in [0.15, 0.2) is 0 Å². The van der Waals surface area contributed by atoms with Gasteiger partial charge in [-0.3, -0.25) is 14.4 Å². The van der Waals surface area contributed by atoms with Crippen LogP contribution in [-0.2, 0) is 25.5 Å².